The highest BCUT2D eigenvalue weighted by molar-refractivity contribution is 5.73. The van der Waals surface area contributed by atoms with Crippen molar-refractivity contribution in [2.24, 2.45) is 11.1 Å². The fourth-order valence-corrected chi connectivity index (χ4v) is 1.67. The van der Waals surface area contributed by atoms with Gasteiger partial charge in [0.25, 0.3) is 0 Å². The first-order valence-corrected chi connectivity index (χ1v) is 5.60. The summed E-state index contributed by atoms with van der Waals surface area (Å²) in [6.45, 7) is 3.18. The SMILES string of the molecule is COc1ccc(C(N)CC(C)(C)C(=O)O)cc1F. The number of carbonyl (C=O) groups is 1. The number of nitrogens with two attached hydrogens (primary N) is 1. The molecule has 0 aliphatic heterocycles. The zero-order chi connectivity index (χ0) is 13.9. The molecule has 3 N–H and O–H groups in total. The summed E-state index contributed by atoms with van der Waals surface area (Å²) in [7, 11) is 1.38. The van der Waals surface area contributed by atoms with Crippen LogP contribution >= 0.6 is 0 Å². The van der Waals surface area contributed by atoms with Crippen LogP contribution in [0, 0.1) is 11.2 Å². The van der Waals surface area contributed by atoms with E-state index < -0.39 is 23.2 Å². The van der Waals surface area contributed by atoms with Gasteiger partial charge in [-0.15, -0.1) is 0 Å². The summed E-state index contributed by atoms with van der Waals surface area (Å²) in [5, 5.41) is 9.02. The number of ether oxygens (including phenoxy) is 1. The van der Waals surface area contributed by atoms with Gasteiger partial charge in [0, 0.05) is 6.04 Å². The van der Waals surface area contributed by atoms with Crippen LogP contribution in [0.4, 0.5) is 4.39 Å². The van der Waals surface area contributed by atoms with Crippen LogP contribution in [0.2, 0.25) is 0 Å². The molecule has 1 aromatic rings. The molecule has 0 fully saturated rings. The largest absolute Gasteiger partial charge is 0.494 e. The van der Waals surface area contributed by atoms with E-state index in [-0.39, 0.29) is 12.2 Å². The fourth-order valence-electron chi connectivity index (χ4n) is 1.67. The van der Waals surface area contributed by atoms with E-state index in [0.29, 0.717) is 5.56 Å². The molecule has 100 valence electrons. The number of benzene rings is 1. The van der Waals surface area contributed by atoms with Crippen molar-refractivity contribution in [1.82, 2.24) is 0 Å². The lowest BCUT2D eigenvalue weighted by molar-refractivity contribution is -0.147. The van der Waals surface area contributed by atoms with Crippen LogP contribution in [-0.4, -0.2) is 18.2 Å². The van der Waals surface area contributed by atoms with Gasteiger partial charge in [-0.3, -0.25) is 4.79 Å². The van der Waals surface area contributed by atoms with Crippen molar-refractivity contribution in [2.45, 2.75) is 26.3 Å². The van der Waals surface area contributed by atoms with E-state index in [0.717, 1.165) is 0 Å². The minimum absolute atomic E-state index is 0.142. The van der Waals surface area contributed by atoms with Crippen LogP contribution in [0.15, 0.2) is 18.2 Å². The summed E-state index contributed by atoms with van der Waals surface area (Å²) < 4.78 is 18.3. The third-order valence-electron chi connectivity index (χ3n) is 2.91. The van der Waals surface area contributed by atoms with E-state index in [1.807, 2.05) is 0 Å². The van der Waals surface area contributed by atoms with Gasteiger partial charge in [-0.1, -0.05) is 6.07 Å². The normalized spacial score (nSPS) is 13.2. The van der Waals surface area contributed by atoms with Crippen molar-refractivity contribution in [2.75, 3.05) is 7.11 Å². The smallest absolute Gasteiger partial charge is 0.309 e. The summed E-state index contributed by atoms with van der Waals surface area (Å²) in [5.41, 5.74) is 5.52. The lowest BCUT2D eigenvalue weighted by Crippen LogP contribution is -2.28. The molecule has 4 nitrogen and oxygen atoms in total. The van der Waals surface area contributed by atoms with E-state index in [4.69, 9.17) is 15.6 Å². The first kappa shape index (κ1) is 14.4. The first-order valence-electron chi connectivity index (χ1n) is 5.60. The molecule has 0 saturated carbocycles. The van der Waals surface area contributed by atoms with Crippen molar-refractivity contribution in [3.63, 3.8) is 0 Å². The molecular formula is C13H18FNO3. The van der Waals surface area contributed by atoms with Gasteiger partial charge in [0.1, 0.15) is 0 Å². The Morgan fingerprint density at radius 3 is 2.61 bits per heavy atom. The first-order chi connectivity index (χ1) is 8.27. The number of methoxy groups -OCH3 is 1. The van der Waals surface area contributed by atoms with Gasteiger partial charge in [0.05, 0.1) is 12.5 Å². The molecule has 0 spiro atoms. The molecule has 0 bridgehead atoms. The average Bonchev–Trinajstić information content (AvgIpc) is 2.28. The van der Waals surface area contributed by atoms with Gasteiger partial charge in [0.2, 0.25) is 0 Å². The van der Waals surface area contributed by atoms with Crippen LogP contribution in [-0.2, 0) is 4.79 Å². The topological polar surface area (TPSA) is 72.5 Å². The molecule has 0 heterocycles. The zero-order valence-corrected chi connectivity index (χ0v) is 10.7. The molecule has 0 aliphatic rings. The highest BCUT2D eigenvalue weighted by atomic mass is 19.1. The lowest BCUT2D eigenvalue weighted by Gasteiger charge is -2.23. The Balaban J connectivity index is 2.88. The van der Waals surface area contributed by atoms with Crippen LogP contribution in [0.25, 0.3) is 0 Å². The number of hydrogen-bond donors (Lipinski definition) is 2. The van der Waals surface area contributed by atoms with Crippen molar-refractivity contribution >= 4 is 5.97 Å². The van der Waals surface area contributed by atoms with Gasteiger partial charge in [-0.25, -0.2) is 4.39 Å². The monoisotopic (exact) mass is 255 g/mol. The third kappa shape index (κ3) is 3.20. The second-order valence-corrected chi connectivity index (χ2v) is 4.89. The number of aliphatic carboxylic acids is 1. The van der Waals surface area contributed by atoms with Crippen LogP contribution < -0.4 is 10.5 Å². The maximum Gasteiger partial charge on any atom is 0.309 e. The van der Waals surface area contributed by atoms with Crippen LogP contribution in [0.5, 0.6) is 5.75 Å². The Morgan fingerprint density at radius 2 is 2.17 bits per heavy atom. The Kier molecular flexibility index (Phi) is 4.29. The number of halogens is 1. The molecule has 1 atom stereocenters. The van der Waals surface area contributed by atoms with Crippen molar-refractivity contribution in [3.8, 4) is 5.75 Å². The Bertz CT molecular complexity index is 446. The summed E-state index contributed by atoms with van der Waals surface area (Å²) in [6.07, 6.45) is 0.230. The number of carboxylic acid groups (broad SMARTS) is 1. The van der Waals surface area contributed by atoms with E-state index in [9.17, 15) is 9.18 Å². The quantitative estimate of drug-likeness (QED) is 0.847. The second-order valence-electron chi connectivity index (χ2n) is 4.89. The number of carboxylic acids is 1. The summed E-state index contributed by atoms with van der Waals surface area (Å²) >= 11 is 0. The average molecular weight is 255 g/mol. The molecule has 0 saturated heterocycles. The van der Waals surface area contributed by atoms with Gasteiger partial charge in [-0.2, -0.15) is 0 Å². The van der Waals surface area contributed by atoms with E-state index in [1.165, 1.54) is 19.2 Å². The molecule has 18 heavy (non-hydrogen) atoms. The highest BCUT2D eigenvalue weighted by Crippen LogP contribution is 2.30. The molecule has 0 radical (unpaired) electrons. The Morgan fingerprint density at radius 1 is 1.56 bits per heavy atom. The maximum absolute atomic E-state index is 13.5. The lowest BCUT2D eigenvalue weighted by atomic mass is 9.84. The van der Waals surface area contributed by atoms with Gasteiger partial charge in [-0.05, 0) is 38.0 Å². The molecule has 0 aromatic heterocycles. The standard InChI is InChI=1S/C13H18FNO3/c1-13(2,12(16)17)7-10(15)8-4-5-11(18-3)9(14)6-8/h4-6,10H,7,15H2,1-3H3,(H,16,17). The van der Waals surface area contributed by atoms with Crippen molar-refractivity contribution in [1.29, 1.82) is 0 Å². The molecule has 0 amide bonds. The third-order valence-corrected chi connectivity index (χ3v) is 2.91. The van der Waals surface area contributed by atoms with Crippen LogP contribution in [0.1, 0.15) is 31.9 Å². The molecule has 1 unspecified atom stereocenters. The maximum atomic E-state index is 13.5. The van der Waals surface area contributed by atoms with Gasteiger partial charge in [0.15, 0.2) is 11.6 Å². The minimum atomic E-state index is -0.949. The van der Waals surface area contributed by atoms with Crippen LogP contribution in [0.3, 0.4) is 0 Å². The van der Waals surface area contributed by atoms with Gasteiger partial charge >= 0.3 is 5.97 Å². The van der Waals surface area contributed by atoms with E-state index in [1.54, 1.807) is 19.9 Å². The predicted octanol–water partition coefficient (Wildman–Crippen LogP) is 2.33. The predicted molar refractivity (Wildman–Crippen MR) is 65.9 cm³/mol. The van der Waals surface area contributed by atoms with Crippen molar-refractivity contribution in [3.05, 3.63) is 29.6 Å². The number of hydrogen-bond acceptors (Lipinski definition) is 3. The summed E-state index contributed by atoms with van der Waals surface area (Å²) in [4.78, 5) is 11.0. The fraction of sp³-hybridized carbons (Fsp3) is 0.462. The number of rotatable bonds is 5. The van der Waals surface area contributed by atoms with E-state index in [2.05, 4.69) is 0 Å². The molecule has 1 aromatic carbocycles. The molecule has 5 heteroatoms. The van der Waals surface area contributed by atoms with Crippen molar-refractivity contribution < 1.29 is 19.0 Å². The second kappa shape index (κ2) is 5.35. The minimum Gasteiger partial charge on any atom is -0.494 e. The molecular weight excluding hydrogens is 237 g/mol. The molecule has 1 rings (SSSR count). The van der Waals surface area contributed by atoms with E-state index >= 15 is 0 Å². The zero-order valence-electron chi connectivity index (χ0n) is 10.7. The molecule has 0 aliphatic carbocycles. The summed E-state index contributed by atoms with van der Waals surface area (Å²) in [6, 6.07) is 3.88. The Hall–Kier alpha value is -1.62. The Labute approximate surface area is 106 Å². The summed E-state index contributed by atoms with van der Waals surface area (Å²) in [5.74, 6) is -1.28. The highest BCUT2D eigenvalue weighted by Gasteiger charge is 2.30. The van der Waals surface area contributed by atoms with Gasteiger partial charge < -0.3 is 15.6 Å².